The van der Waals surface area contributed by atoms with Crippen LogP contribution in [0.5, 0.6) is 5.75 Å². The number of benzene rings is 1. The van der Waals surface area contributed by atoms with Gasteiger partial charge in [0.25, 0.3) is 0 Å². The molecule has 1 aromatic carbocycles. The summed E-state index contributed by atoms with van der Waals surface area (Å²) in [5.41, 5.74) is 2.46. The zero-order valence-electron chi connectivity index (χ0n) is 12.2. The largest absolute Gasteiger partial charge is 0.426 e. The van der Waals surface area contributed by atoms with Gasteiger partial charge < -0.3 is 9.15 Å². The Kier molecular flexibility index (Phi) is 3.93. The summed E-state index contributed by atoms with van der Waals surface area (Å²) in [7, 11) is 0. The van der Waals surface area contributed by atoms with Gasteiger partial charge in [-0.05, 0) is 38.0 Å². The highest BCUT2D eigenvalue weighted by Gasteiger charge is 2.15. The third kappa shape index (κ3) is 2.33. The topological polar surface area (TPSA) is 56.5 Å². The third-order valence-corrected chi connectivity index (χ3v) is 3.52. The van der Waals surface area contributed by atoms with Crippen LogP contribution in [0.2, 0.25) is 0 Å². The molecule has 0 aliphatic rings. The lowest BCUT2D eigenvalue weighted by molar-refractivity contribution is -0.134. The normalized spacial score (nSPS) is 10.8. The lowest BCUT2D eigenvalue weighted by atomic mass is 10.0. The van der Waals surface area contributed by atoms with E-state index in [1.165, 1.54) is 0 Å². The molecule has 0 saturated carbocycles. The molecule has 2 aromatic rings. The van der Waals surface area contributed by atoms with Gasteiger partial charge >= 0.3 is 11.6 Å². The molecule has 1 heterocycles. The van der Waals surface area contributed by atoms with Gasteiger partial charge in [0.05, 0.1) is 0 Å². The van der Waals surface area contributed by atoms with Crippen LogP contribution in [-0.2, 0) is 11.2 Å². The lowest BCUT2D eigenvalue weighted by Crippen LogP contribution is -2.11. The van der Waals surface area contributed by atoms with Crippen molar-refractivity contribution in [2.75, 3.05) is 0 Å². The van der Waals surface area contributed by atoms with Crippen LogP contribution in [0.25, 0.3) is 11.0 Å². The monoisotopic (exact) mass is 274 g/mol. The minimum atomic E-state index is -0.320. The van der Waals surface area contributed by atoms with Crippen LogP contribution in [-0.4, -0.2) is 5.97 Å². The molecule has 0 unspecified atom stereocenters. The summed E-state index contributed by atoms with van der Waals surface area (Å²) in [6, 6.07) is 3.58. The SMILES string of the molecule is CCC(=O)Oc1ccc2c(C)c(CC)c(=O)oc2c1C. The predicted molar refractivity (Wildman–Crippen MR) is 77.3 cm³/mol. The minimum Gasteiger partial charge on any atom is -0.426 e. The Hall–Kier alpha value is -2.10. The van der Waals surface area contributed by atoms with Crippen molar-refractivity contribution in [1.82, 2.24) is 0 Å². The molecule has 0 bridgehead atoms. The number of rotatable bonds is 3. The van der Waals surface area contributed by atoms with Gasteiger partial charge in [-0.3, -0.25) is 4.79 Å². The highest BCUT2D eigenvalue weighted by Crippen LogP contribution is 2.29. The molecule has 0 spiro atoms. The Morgan fingerprint density at radius 1 is 1.20 bits per heavy atom. The van der Waals surface area contributed by atoms with Gasteiger partial charge in [-0.25, -0.2) is 4.79 Å². The van der Waals surface area contributed by atoms with Crippen molar-refractivity contribution in [3.05, 3.63) is 39.2 Å². The fourth-order valence-corrected chi connectivity index (χ4v) is 2.29. The second kappa shape index (κ2) is 5.49. The van der Waals surface area contributed by atoms with Crippen molar-refractivity contribution in [3.63, 3.8) is 0 Å². The highest BCUT2D eigenvalue weighted by molar-refractivity contribution is 5.86. The van der Waals surface area contributed by atoms with Crippen LogP contribution in [0.1, 0.15) is 37.0 Å². The quantitative estimate of drug-likeness (QED) is 0.489. The van der Waals surface area contributed by atoms with Crippen LogP contribution in [0.15, 0.2) is 21.3 Å². The third-order valence-electron chi connectivity index (χ3n) is 3.52. The number of hydrogen-bond donors (Lipinski definition) is 0. The molecule has 20 heavy (non-hydrogen) atoms. The van der Waals surface area contributed by atoms with E-state index in [9.17, 15) is 9.59 Å². The van der Waals surface area contributed by atoms with Gasteiger partial charge in [0.15, 0.2) is 0 Å². The number of fused-ring (bicyclic) bond motifs is 1. The number of ether oxygens (including phenoxy) is 1. The fraction of sp³-hybridized carbons (Fsp3) is 0.375. The predicted octanol–water partition coefficient (Wildman–Crippen LogP) is 3.29. The maximum Gasteiger partial charge on any atom is 0.339 e. The molecule has 0 fully saturated rings. The average molecular weight is 274 g/mol. The molecule has 4 nitrogen and oxygen atoms in total. The van der Waals surface area contributed by atoms with Gasteiger partial charge in [-0.15, -0.1) is 0 Å². The molecule has 0 aliphatic heterocycles. The standard InChI is InChI=1S/C16H18O4/c1-5-11-9(3)12-7-8-13(19-14(17)6-2)10(4)15(12)20-16(11)18/h7-8H,5-6H2,1-4H3. The average Bonchev–Trinajstić information content (AvgIpc) is 2.43. The molecule has 0 saturated heterocycles. The smallest absolute Gasteiger partial charge is 0.339 e. The van der Waals surface area contributed by atoms with Gasteiger partial charge in [0.1, 0.15) is 11.3 Å². The Labute approximate surface area is 117 Å². The van der Waals surface area contributed by atoms with Crippen molar-refractivity contribution in [1.29, 1.82) is 0 Å². The molecule has 0 atom stereocenters. The zero-order chi connectivity index (χ0) is 14.9. The summed E-state index contributed by atoms with van der Waals surface area (Å²) in [5.74, 6) is 0.132. The van der Waals surface area contributed by atoms with E-state index < -0.39 is 0 Å². The van der Waals surface area contributed by atoms with Crippen LogP contribution in [0.4, 0.5) is 0 Å². The molecule has 4 heteroatoms. The van der Waals surface area contributed by atoms with E-state index in [4.69, 9.17) is 9.15 Å². The van der Waals surface area contributed by atoms with Crippen molar-refractivity contribution >= 4 is 16.9 Å². The second-order valence-corrected chi connectivity index (χ2v) is 4.74. The van der Waals surface area contributed by atoms with Crippen molar-refractivity contribution < 1.29 is 13.9 Å². The molecule has 0 aliphatic carbocycles. The molecule has 1 aromatic heterocycles. The lowest BCUT2D eigenvalue weighted by Gasteiger charge is -2.11. The van der Waals surface area contributed by atoms with E-state index in [0.29, 0.717) is 35.3 Å². The van der Waals surface area contributed by atoms with E-state index in [1.807, 2.05) is 19.9 Å². The van der Waals surface area contributed by atoms with Gasteiger partial charge in [0.2, 0.25) is 0 Å². The highest BCUT2D eigenvalue weighted by atomic mass is 16.5. The summed E-state index contributed by atoms with van der Waals surface area (Å²) in [6.07, 6.45) is 0.935. The van der Waals surface area contributed by atoms with Crippen molar-refractivity contribution in [3.8, 4) is 5.75 Å². The first-order valence-corrected chi connectivity index (χ1v) is 6.76. The van der Waals surface area contributed by atoms with E-state index in [1.54, 1.807) is 19.9 Å². The van der Waals surface area contributed by atoms with Crippen molar-refractivity contribution in [2.24, 2.45) is 0 Å². The Morgan fingerprint density at radius 3 is 2.50 bits per heavy atom. The van der Waals surface area contributed by atoms with E-state index in [2.05, 4.69) is 0 Å². The molecular weight excluding hydrogens is 256 g/mol. The summed E-state index contributed by atoms with van der Waals surface area (Å²) in [4.78, 5) is 23.3. The zero-order valence-corrected chi connectivity index (χ0v) is 12.2. The van der Waals surface area contributed by atoms with Crippen LogP contribution < -0.4 is 10.4 Å². The number of carbonyl (C=O) groups excluding carboxylic acids is 1. The molecule has 2 rings (SSSR count). The summed E-state index contributed by atoms with van der Waals surface area (Å²) in [6.45, 7) is 7.36. The summed E-state index contributed by atoms with van der Waals surface area (Å²) < 4.78 is 10.6. The first-order valence-electron chi connectivity index (χ1n) is 6.76. The van der Waals surface area contributed by atoms with E-state index >= 15 is 0 Å². The Balaban J connectivity index is 2.68. The number of hydrogen-bond acceptors (Lipinski definition) is 4. The van der Waals surface area contributed by atoms with E-state index in [-0.39, 0.29) is 11.6 Å². The minimum absolute atomic E-state index is 0.301. The first-order chi connectivity index (χ1) is 9.49. The summed E-state index contributed by atoms with van der Waals surface area (Å²) in [5, 5.41) is 0.884. The van der Waals surface area contributed by atoms with Crippen LogP contribution in [0, 0.1) is 13.8 Å². The molecule has 106 valence electrons. The Bertz CT molecular complexity index is 725. The summed E-state index contributed by atoms with van der Waals surface area (Å²) >= 11 is 0. The maximum absolute atomic E-state index is 12.0. The van der Waals surface area contributed by atoms with Crippen LogP contribution >= 0.6 is 0 Å². The van der Waals surface area contributed by atoms with Gasteiger partial charge in [-0.1, -0.05) is 13.8 Å². The fourth-order valence-electron chi connectivity index (χ4n) is 2.29. The maximum atomic E-state index is 12.0. The molecule has 0 amide bonds. The molecule has 0 radical (unpaired) electrons. The first kappa shape index (κ1) is 14.3. The van der Waals surface area contributed by atoms with Crippen LogP contribution in [0.3, 0.4) is 0 Å². The van der Waals surface area contributed by atoms with Crippen molar-refractivity contribution in [2.45, 2.75) is 40.5 Å². The molecular formula is C16H18O4. The van der Waals surface area contributed by atoms with Gasteiger partial charge in [0, 0.05) is 22.9 Å². The second-order valence-electron chi connectivity index (χ2n) is 4.74. The number of esters is 1. The van der Waals surface area contributed by atoms with E-state index in [0.717, 1.165) is 10.9 Å². The number of carbonyl (C=O) groups is 1. The number of aryl methyl sites for hydroxylation is 2. The Morgan fingerprint density at radius 2 is 1.90 bits per heavy atom. The van der Waals surface area contributed by atoms with Gasteiger partial charge in [-0.2, -0.15) is 0 Å². The molecule has 0 N–H and O–H groups in total.